The molecule has 124 valence electrons. The molecule has 0 bridgehead atoms. The summed E-state index contributed by atoms with van der Waals surface area (Å²) in [7, 11) is 0. The molecular weight excluding hydrogens is 308 g/mol. The number of hydrogen-bond donors (Lipinski definition) is 2. The second-order valence-electron chi connectivity index (χ2n) is 5.06. The molecule has 0 aromatic heterocycles. The standard InChI is InChI=1S/C14H22N2O5S/c1-3-6-16-12(18)8-10(13(16)19)22-7-5-11(17)15-9(4-2)14(20)21/h9-10H,3-8H2,1-2H3,(H,15,17)(H,20,21). The van der Waals surface area contributed by atoms with Crippen molar-refractivity contribution in [3.63, 3.8) is 0 Å². The number of carboxylic acid groups (broad SMARTS) is 1. The first-order valence-corrected chi connectivity index (χ1v) is 8.43. The third-order valence-electron chi connectivity index (χ3n) is 3.34. The van der Waals surface area contributed by atoms with Gasteiger partial charge in [0, 0.05) is 25.1 Å². The van der Waals surface area contributed by atoms with Crippen LogP contribution in [0.3, 0.4) is 0 Å². The summed E-state index contributed by atoms with van der Waals surface area (Å²) in [5.41, 5.74) is 0. The van der Waals surface area contributed by atoms with Crippen molar-refractivity contribution in [2.24, 2.45) is 0 Å². The molecule has 2 N–H and O–H groups in total. The highest BCUT2D eigenvalue weighted by Gasteiger charge is 2.38. The Morgan fingerprint density at radius 2 is 2.09 bits per heavy atom. The summed E-state index contributed by atoms with van der Waals surface area (Å²) >= 11 is 1.28. The Morgan fingerprint density at radius 3 is 2.64 bits per heavy atom. The highest BCUT2D eigenvalue weighted by atomic mass is 32.2. The van der Waals surface area contributed by atoms with E-state index in [2.05, 4.69) is 5.32 Å². The normalized spacial score (nSPS) is 19.4. The fourth-order valence-corrected chi connectivity index (χ4v) is 3.26. The van der Waals surface area contributed by atoms with Gasteiger partial charge in [0.05, 0.1) is 5.25 Å². The van der Waals surface area contributed by atoms with Crippen LogP contribution in [0.15, 0.2) is 0 Å². The van der Waals surface area contributed by atoms with E-state index in [0.29, 0.717) is 18.7 Å². The third kappa shape index (κ3) is 5.01. The molecule has 1 fully saturated rings. The Kier molecular flexibility index (Phi) is 7.37. The maximum absolute atomic E-state index is 12.0. The molecule has 8 heteroatoms. The van der Waals surface area contributed by atoms with Gasteiger partial charge in [0.15, 0.2) is 0 Å². The lowest BCUT2D eigenvalue weighted by molar-refractivity contribution is -0.142. The van der Waals surface area contributed by atoms with Crippen molar-refractivity contribution in [2.75, 3.05) is 12.3 Å². The van der Waals surface area contributed by atoms with E-state index in [-0.39, 0.29) is 30.6 Å². The number of carbonyl (C=O) groups is 4. The van der Waals surface area contributed by atoms with Crippen LogP contribution in [0.4, 0.5) is 0 Å². The van der Waals surface area contributed by atoms with Gasteiger partial charge in [-0.05, 0) is 12.8 Å². The molecule has 0 aromatic carbocycles. The predicted octanol–water partition coefficient (Wildman–Crippen LogP) is 0.627. The quantitative estimate of drug-likeness (QED) is 0.601. The topological polar surface area (TPSA) is 104 Å². The fourth-order valence-electron chi connectivity index (χ4n) is 2.14. The summed E-state index contributed by atoms with van der Waals surface area (Å²) in [6.45, 7) is 4.02. The molecule has 2 unspecified atom stereocenters. The first-order chi connectivity index (χ1) is 10.4. The van der Waals surface area contributed by atoms with E-state index in [1.165, 1.54) is 16.7 Å². The first kappa shape index (κ1) is 18.5. The molecule has 1 heterocycles. The van der Waals surface area contributed by atoms with Gasteiger partial charge in [-0.25, -0.2) is 4.79 Å². The zero-order valence-electron chi connectivity index (χ0n) is 12.8. The lowest BCUT2D eigenvalue weighted by Gasteiger charge is -2.14. The molecule has 0 aliphatic carbocycles. The molecule has 0 aromatic rings. The summed E-state index contributed by atoms with van der Waals surface area (Å²) in [6, 6.07) is -0.882. The average molecular weight is 330 g/mol. The van der Waals surface area contributed by atoms with E-state index in [1.807, 2.05) is 6.92 Å². The molecule has 0 spiro atoms. The number of carboxylic acids is 1. The van der Waals surface area contributed by atoms with Crippen LogP contribution in [0.2, 0.25) is 0 Å². The van der Waals surface area contributed by atoms with Crippen molar-refractivity contribution >= 4 is 35.5 Å². The minimum atomic E-state index is -1.06. The minimum absolute atomic E-state index is 0.125. The second-order valence-corrected chi connectivity index (χ2v) is 6.37. The molecule has 3 amide bonds. The molecule has 1 saturated heterocycles. The second kappa shape index (κ2) is 8.77. The summed E-state index contributed by atoms with van der Waals surface area (Å²) in [4.78, 5) is 47.4. The molecule has 1 aliphatic rings. The number of nitrogens with one attached hydrogen (secondary N) is 1. The van der Waals surface area contributed by atoms with Crippen molar-refractivity contribution in [3.05, 3.63) is 0 Å². The highest BCUT2D eigenvalue weighted by Crippen LogP contribution is 2.25. The number of imide groups is 1. The molecule has 22 heavy (non-hydrogen) atoms. The largest absolute Gasteiger partial charge is 0.480 e. The van der Waals surface area contributed by atoms with Crippen LogP contribution < -0.4 is 5.32 Å². The fraction of sp³-hybridized carbons (Fsp3) is 0.714. The number of likely N-dealkylation sites (tertiary alicyclic amines) is 1. The number of hydrogen-bond acceptors (Lipinski definition) is 5. The van der Waals surface area contributed by atoms with Crippen molar-refractivity contribution in [1.29, 1.82) is 0 Å². The summed E-state index contributed by atoms with van der Waals surface area (Å²) in [5.74, 6) is -1.38. The van der Waals surface area contributed by atoms with Crippen LogP contribution >= 0.6 is 11.8 Å². The summed E-state index contributed by atoms with van der Waals surface area (Å²) < 4.78 is 0. The Hall–Kier alpha value is -1.57. The van der Waals surface area contributed by atoms with E-state index >= 15 is 0 Å². The van der Waals surface area contributed by atoms with E-state index in [9.17, 15) is 19.2 Å². The van der Waals surface area contributed by atoms with Crippen LogP contribution in [0, 0.1) is 0 Å². The average Bonchev–Trinajstić information content (AvgIpc) is 2.72. The zero-order chi connectivity index (χ0) is 16.7. The number of amides is 3. The number of nitrogens with zero attached hydrogens (tertiary/aromatic N) is 1. The van der Waals surface area contributed by atoms with Gasteiger partial charge in [0.2, 0.25) is 17.7 Å². The maximum atomic E-state index is 12.0. The molecule has 1 rings (SSSR count). The number of carbonyl (C=O) groups excluding carboxylic acids is 3. The SMILES string of the molecule is CCCN1C(=O)CC(SCCC(=O)NC(CC)C(=O)O)C1=O. The minimum Gasteiger partial charge on any atom is -0.480 e. The van der Waals surface area contributed by atoms with Gasteiger partial charge < -0.3 is 10.4 Å². The van der Waals surface area contributed by atoms with E-state index in [4.69, 9.17) is 5.11 Å². The molecule has 1 aliphatic heterocycles. The highest BCUT2D eigenvalue weighted by molar-refractivity contribution is 8.00. The Balaban J connectivity index is 2.35. The van der Waals surface area contributed by atoms with Crippen molar-refractivity contribution in [2.45, 2.75) is 50.8 Å². The smallest absolute Gasteiger partial charge is 0.326 e. The van der Waals surface area contributed by atoms with Crippen LogP contribution in [-0.4, -0.2) is 57.3 Å². The lowest BCUT2D eigenvalue weighted by atomic mass is 10.2. The number of thioether (sulfide) groups is 1. The van der Waals surface area contributed by atoms with Crippen molar-refractivity contribution in [1.82, 2.24) is 10.2 Å². The monoisotopic (exact) mass is 330 g/mol. The van der Waals surface area contributed by atoms with Gasteiger partial charge in [0.25, 0.3) is 0 Å². The van der Waals surface area contributed by atoms with Crippen molar-refractivity contribution < 1.29 is 24.3 Å². The molecule has 0 radical (unpaired) electrons. The summed E-state index contributed by atoms with van der Waals surface area (Å²) in [5, 5.41) is 10.9. The van der Waals surface area contributed by atoms with Crippen LogP contribution in [0.5, 0.6) is 0 Å². The van der Waals surface area contributed by atoms with E-state index < -0.39 is 17.3 Å². The third-order valence-corrected chi connectivity index (χ3v) is 4.55. The lowest BCUT2D eigenvalue weighted by Crippen LogP contribution is -2.40. The molecule has 7 nitrogen and oxygen atoms in total. The van der Waals surface area contributed by atoms with Crippen molar-refractivity contribution in [3.8, 4) is 0 Å². The first-order valence-electron chi connectivity index (χ1n) is 7.38. The van der Waals surface area contributed by atoms with Crippen LogP contribution in [0.25, 0.3) is 0 Å². The van der Waals surface area contributed by atoms with Crippen LogP contribution in [-0.2, 0) is 19.2 Å². The summed E-state index contributed by atoms with van der Waals surface area (Å²) in [6.07, 6.45) is 1.35. The van der Waals surface area contributed by atoms with Gasteiger partial charge in [-0.1, -0.05) is 13.8 Å². The van der Waals surface area contributed by atoms with Gasteiger partial charge in [0.1, 0.15) is 6.04 Å². The Labute approximate surface area is 133 Å². The maximum Gasteiger partial charge on any atom is 0.326 e. The number of rotatable bonds is 9. The van der Waals surface area contributed by atoms with Gasteiger partial charge >= 0.3 is 5.97 Å². The van der Waals surface area contributed by atoms with E-state index in [1.54, 1.807) is 6.92 Å². The van der Waals surface area contributed by atoms with Gasteiger partial charge in [-0.3, -0.25) is 19.3 Å². The predicted molar refractivity (Wildman–Crippen MR) is 82.3 cm³/mol. The molecule has 2 atom stereocenters. The zero-order valence-corrected chi connectivity index (χ0v) is 13.6. The van der Waals surface area contributed by atoms with Gasteiger partial charge in [-0.15, -0.1) is 11.8 Å². The van der Waals surface area contributed by atoms with Crippen LogP contribution in [0.1, 0.15) is 39.5 Å². The molecular formula is C14H22N2O5S. The Bertz CT molecular complexity index is 455. The number of aliphatic carboxylic acids is 1. The van der Waals surface area contributed by atoms with E-state index in [0.717, 1.165) is 6.42 Å². The Morgan fingerprint density at radius 1 is 1.41 bits per heavy atom. The van der Waals surface area contributed by atoms with Gasteiger partial charge in [-0.2, -0.15) is 0 Å². The molecule has 0 saturated carbocycles.